The third-order valence-electron chi connectivity index (χ3n) is 7.13. The maximum absolute atomic E-state index is 13.5. The summed E-state index contributed by atoms with van der Waals surface area (Å²) in [5.41, 5.74) is -0.879. The van der Waals surface area contributed by atoms with Crippen molar-refractivity contribution in [2.75, 3.05) is 31.7 Å². The summed E-state index contributed by atoms with van der Waals surface area (Å²) < 4.78 is 44.3. The van der Waals surface area contributed by atoms with Gasteiger partial charge < -0.3 is 34.1 Å². The van der Waals surface area contributed by atoms with Crippen LogP contribution in [0.5, 0.6) is 34.5 Å². The number of rotatable bonds is 10. The Hall–Kier alpha value is -5.33. The summed E-state index contributed by atoms with van der Waals surface area (Å²) in [7, 11) is 0. The molecule has 1 aliphatic rings. The van der Waals surface area contributed by atoms with E-state index in [2.05, 4.69) is 10.3 Å². The molecule has 0 unspecified atom stereocenters. The van der Waals surface area contributed by atoms with E-state index in [0.29, 0.717) is 58.6 Å². The Labute approximate surface area is 279 Å². The first-order valence-electron chi connectivity index (χ1n) is 15.0. The molecule has 2 N–H and O–H groups in total. The highest BCUT2D eigenvalue weighted by Crippen LogP contribution is 2.48. The van der Waals surface area contributed by atoms with Crippen molar-refractivity contribution in [2.24, 2.45) is 0 Å². The molecule has 0 aliphatic carbocycles. The Morgan fingerprint density at radius 2 is 1.77 bits per heavy atom. The Kier molecular flexibility index (Phi) is 9.11. The van der Waals surface area contributed by atoms with Crippen LogP contribution in [-0.2, 0) is 0 Å². The smallest absolute Gasteiger partial charge is 0.271 e. The molecule has 3 heterocycles. The lowest BCUT2D eigenvalue weighted by Gasteiger charge is -2.25. The van der Waals surface area contributed by atoms with Gasteiger partial charge in [-0.1, -0.05) is 11.6 Å². The number of carbonyl (C=O) groups is 1. The van der Waals surface area contributed by atoms with E-state index in [9.17, 15) is 19.1 Å². The molecule has 248 valence electrons. The number of fused-ring (bicyclic) bond motifs is 3. The first-order valence-corrected chi connectivity index (χ1v) is 15.4. The van der Waals surface area contributed by atoms with E-state index in [0.717, 1.165) is 0 Å². The Morgan fingerprint density at radius 3 is 2.48 bits per heavy atom. The average molecular weight is 676 g/mol. The molecule has 0 atom stereocenters. The van der Waals surface area contributed by atoms with Gasteiger partial charge >= 0.3 is 0 Å². The van der Waals surface area contributed by atoms with Gasteiger partial charge in [-0.2, -0.15) is 0 Å². The molecule has 0 spiro atoms. The molecular formula is C35H31ClFN3O8. The molecule has 0 radical (unpaired) electrons. The first-order chi connectivity index (χ1) is 23.0. The molecule has 3 aromatic carbocycles. The van der Waals surface area contributed by atoms with Crippen LogP contribution < -0.4 is 34.6 Å². The van der Waals surface area contributed by atoms with E-state index in [1.54, 1.807) is 51.2 Å². The molecule has 0 bridgehead atoms. The van der Waals surface area contributed by atoms with Crippen molar-refractivity contribution >= 4 is 34.1 Å². The van der Waals surface area contributed by atoms with Crippen LogP contribution >= 0.6 is 11.6 Å². The standard InChI is InChI=1S/C35H31ClFN3O8/c1-4-44-26-12-14-40(21-7-5-20(37)6-8-21)34(42)30(26)33(41)39-24-10-9-22(17-23(24)36)48-27-11-13-38-25-18-28(47-19-35(2,3)43)31-32(29(25)27)46-16-15-45-31/h5-14,17-18,43H,4,15-16,19H2,1-3H3,(H,39,41). The highest BCUT2D eigenvalue weighted by Gasteiger charge is 2.26. The minimum atomic E-state index is -1.07. The Balaban J connectivity index is 1.28. The van der Waals surface area contributed by atoms with Crippen molar-refractivity contribution in [1.82, 2.24) is 9.55 Å². The predicted octanol–water partition coefficient (Wildman–Crippen LogP) is 6.54. The zero-order valence-electron chi connectivity index (χ0n) is 26.2. The maximum atomic E-state index is 13.5. The Bertz CT molecular complexity index is 2060. The summed E-state index contributed by atoms with van der Waals surface area (Å²) in [6.07, 6.45) is 3.02. The van der Waals surface area contributed by atoms with Crippen molar-refractivity contribution in [3.63, 3.8) is 0 Å². The van der Waals surface area contributed by atoms with Gasteiger partial charge in [-0.05, 0) is 69.3 Å². The molecule has 11 nitrogen and oxygen atoms in total. The number of aliphatic hydroxyl groups is 1. The zero-order chi connectivity index (χ0) is 34.0. The normalized spacial score (nSPS) is 12.5. The van der Waals surface area contributed by atoms with Gasteiger partial charge in [0.15, 0.2) is 11.5 Å². The lowest BCUT2D eigenvalue weighted by atomic mass is 10.1. The predicted molar refractivity (Wildman–Crippen MR) is 177 cm³/mol. The van der Waals surface area contributed by atoms with Crippen LogP contribution in [0.15, 0.2) is 77.9 Å². The highest BCUT2D eigenvalue weighted by atomic mass is 35.5. The molecule has 0 saturated carbocycles. The molecule has 1 amide bonds. The quantitative estimate of drug-likeness (QED) is 0.169. The van der Waals surface area contributed by atoms with Crippen LogP contribution in [0.1, 0.15) is 31.1 Å². The summed E-state index contributed by atoms with van der Waals surface area (Å²) >= 11 is 6.60. The second-order valence-electron chi connectivity index (χ2n) is 11.4. The van der Waals surface area contributed by atoms with Crippen LogP contribution in [-0.4, -0.2) is 52.6 Å². The number of ether oxygens (including phenoxy) is 5. The number of hydrogen-bond acceptors (Lipinski definition) is 9. The van der Waals surface area contributed by atoms with E-state index in [1.807, 2.05) is 0 Å². The summed E-state index contributed by atoms with van der Waals surface area (Å²) in [6, 6.07) is 14.8. The number of hydrogen-bond donors (Lipinski definition) is 2. The van der Waals surface area contributed by atoms with Crippen LogP contribution in [0.25, 0.3) is 16.6 Å². The lowest BCUT2D eigenvalue weighted by molar-refractivity contribution is 0.0265. The lowest BCUT2D eigenvalue weighted by Crippen LogP contribution is -2.29. The van der Waals surface area contributed by atoms with Crippen LogP contribution in [0.2, 0.25) is 5.02 Å². The number of halogens is 2. The molecular weight excluding hydrogens is 645 g/mol. The van der Waals surface area contributed by atoms with Crippen molar-refractivity contribution in [3.05, 3.63) is 99.8 Å². The largest absolute Gasteiger partial charge is 0.493 e. The fourth-order valence-electron chi connectivity index (χ4n) is 5.00. The fourth-order valence-corrected chi connectivity index (χ4v) is 5.22. The molecule has 2 aromatic heterocycles. The van der Waals surface area contributed by atoms with Gasteiger partial charge in [-0.3, -0.25) is 19.1 Å². The molecule has 1 aliphatic heterocycles. The summed E-state index contributed by atoms with van der Waals surface area (Å²) in [5.74, 6) is 0.757. The number of aromatic nitrogens is 2. The summed E-state index contributed by atoms with van der Waals surface area (Å²) in [4.78, 5) is 31.4. The van der Waals surface area contributed by atoms with E-state index in [4.69, 9.17) is 35.3 Å². The molecule has 48 heavy (non-hydrogen) atoms. The van der Waals surface area contributed by atoms with Crippen LogP contribution in [0.3, 0.4) is 0 Å². The minimum absolute atomic E-state index is 0.0213. The topological polar surface area (TPSA) is 130 Å². The number of benzene rings is 3. The van der Waals surface area contributed by atoms with Gasteiger partial charge in [0, 0.05) is 30.2 Å². The van der Waals surface area contributed by atoms with Crippen molar-refractivity contribution in [2.45, 2.75) is 26.4 Å². The summed E-state index contributed by atoms with van der Waals surface area (Å²) in [5, 5.41) is 13.5. The number of anilines is 1. The SMILES string of the molecule is CCOc1ccn(-c2ccc(F)cc2)c(=O)c1C(=O)Nc1ccc(Oc2ccnc3cc(OCC(C)(C)O)c4c(c23)OCCO4)cc1Cl. The van der Waals surface area contributed by atoms with Crippen LogP contribution in [0.4, 0.5) is 10.1 Å². The minimum Gasteiger partial charge on any atom is -0.493 e. The third kappa shape index (κ3) is 6.85. The molecule has 0 saturated heterocycles. The molecule has 6 rings (SSSR count). The van der Waals surface area contributed by atoms with Gasteiger partial charge in [0.1, 0.15) is 48.4 Å². The van der Waals surface area contributed by atoms with Crippen LogP contribution in [0, 0.1) is 5.82 Å². The van der Waals surface area contributed by atoms with Gasteiger partial charge in [0.25, 0.3) is 11.5 Å². The van der Waals surface area contributed by atoms with Crippen molar-refractivity contribution < 1.29 is 38.0 Å². The molecule has 0 fully saturated rings. The maximum Gasteiger partial charge on any atom is 0.271 e. The monoisotopic (exact) mass is 675 g/mol. The number of pyridine rings is 2. The number of carbonyl (C=O) groups excluding carboxylic acids is 1. The second kappa shape index (κ2) is 13.4. The average Bonchev–Trinajstić information content (AvgIpc) is 3.05. The third-order valence-corrected chi connectivity index (χ3v) is 7.44. The van der Waals surface area contributed by atoms with Gasteiger partial charge in [-0.15, -0.1) is 0 Å². The van der Waals surface area contributed by atoms with Gasteiger partial charge in [0.05, 0.1) is 33.8 Å². The van der Waals surface area contributed by atoms with E-state index >= 15 is 0 Å². The van der Waals surface area contributed by atoms with E-state index in [1.165, 1.54) is 47.2 Å². The Morgan fingerprint density at radius 1 is 1.02 bits per heavy atom. The molecule has 5 aromatic rings. The van der Waals surface area contributed by atoms with Gasteiger partial charge in [0.2, 0.25) is 5.75 Å². The summed E-state index contributed by atoms with van der Waals surface area (Å²) in [6.45, 7) is 5.85. The second-order valence-corrected chi connectivity index (χ2v) is 11.8. The van der Waals surface area contributed by atoms with E-state index < -0.39 is 22.9 Å². The number of nitrogens with one attached hydrogen (secondary N) is 1. The number of nitrogens with zero attached hydrogens (tertiary/aromatic N) is 2. The van der Waals surface area contributed by atoms with Gasteiger partial charge in [-0.25, -0.2) is 4.39 Å². The van der Waals surface area contributed by atoms with Crippen molar-refractivity contribution in [3.8, 4) is 40.2 Å². The molecule has 13 heteroatoms. The fraction of sp³-hybridized carbons (Fsp3) is 0.229. The number of amides is 1. The zero-order valence-corrected chi connectivity index (χ0v) is 27.0. The first kappa shape index (κ1) is 32.6. The van der Waals surface area contributed by atoms with E-state index in [-0.39, 0.29) is 35.2 Å². The highest BCUT2D eigenvalue weighted by molar-refractivity contribution is 6.34. The van der Waals surface area contributed by atoms with Crippen molar-refractivity contribution in [1.29, 1.82) is 0 Å².